The van der Waals surface area contributed by atoms with Gasteiger partial charge in [-0.25, -0.2) is 8.42 Å². The lowest BCUT2D eigenvalue weighted by atomic mass is 10.3. The smallest absolute Gasteiger partial charge is 0.156 e. The Morgan fingerprint density at radius 1 is 1.55 bits per heavy atom. The summed E-state index contributed by atoms with van der Waals surface area (Å²) in [6.07, 6.45) is 3.11. The van der Waals surface area contributed by atoms with Crippen molar-refractivity contribution in [1.29, 1.82) is 0 Å². The molecule has 0 heterocycles. The van der Waals surface area contributed by atoms with E-state index in [0.29, 0.717) is 0 Å². The summed E-state index contributed by atoms with van der Waals surface area (Å²) in [6, 6.07) is 0. The van der Waals surface area contributed by atoms with E-state index in [2.05, 4.69) is 6.58 Å². The lowest BCUT2D eigenvalue weighted by Crippen LogP contribution is -2.19. The molecule has 1 unspecified atom stereocenters. The maximum Gasteiger partial charge on any atom is 0.156 e. The van der Waals surface area contributed by atoms with E-state index in [1.165, 1.54) is 6.08 Å². The first-order valence-corrected chi connectivity index (χ1v) is 5.58. The summed E-state index contributed by atoms with van der Waals surface area (Å²) in [6.45, 7) is 7.15. The molecule has 0 radical (unpaired) electrons. The molecule has 2 nitrogen and oxygen atoms in total. The second-order valence-electron chi connectivity index (χ2n) is 2.72. The van der Waals surface area contributed by atoms with Gasteiger partial charge in [0.15, 0.2) is 9.84 Å². The summed E-state index contributed by atoms with van der Waals surface area (Å²) in [7, 11) is -2.89. The van der Waals surface area contributed by atoms with E-state index < -0.39 is 9.84 Å². The molecule has 0 spiro atoms. The zero-order valence-corrected chi connectivity index (χ0v) is 8.02. The fourth-order valence-corrected chi connectivity index (χ4v) is 2.17. The molecule has 0 saturated heterocycles. The maximum atomic E-state index is 11.2. The van der Waals surface area contributed by atoms with Crippen LogP contribution in [0.5, 0.6) is 0 Å². The van der Waals surface area contributed by atoms with Crippen LogP contribution in [0.2, 0.25) is 0 Å². The van der Waals surface area contributed by atoms with Crippen LogP contribution in [-0.4, -0.2) is 19.4 Å². The highest BCUT2D eigenvalue weighted by atomic mass is 32.2. The Labute approximate surface area is 69.2 Å². The van der Waals surface area contributed by atoms with Crippen LogP contribution in [0.1, 0.15) is 26.7 Å². The molecule has 1 atom stereocenters. The molecule has 11 heavy (non-hydrogen) atoms. The molecule has 0 aliphatic rings. The van der Waals surface area contributed by atoms with Crippen molar-refractivity contribution in [3.63, 3.8) is 0 Å². The lowest BCUT2D eigenvalue weighted by molar-refractivity contribution is 0.579. The van der Waals surface area contributed by atoms with Gasteiger partial charge in [0.25, 0.3) is 0 Å². The Morgan fingerprint density at radius 2 is 2.09 bits per heavy atom. The van der Waals surface area contributed by atoms with Gasteiger partial charge in [-0.1, -0.05) is 19.4 Å². The molecule has 3 heteroatoms. The van der Waals surface area contributed by atoms with Gasteiger partial charge in [0.2, 0.25) is 0 Å². The highest BCUT2D eigenvalue weighted by Crippen LogP contribution is 2.08. The zero-order valence-electron chi connectivity index (χ0n) is 7.21. The van der Waals surface area contributed by atoms with Crippen molar-refractivity contribution in [3.05, 3.63) is 12.7 Å². The monoisotopic (exact) mass is 176 g/mol. The molecular weight excluding hydrogens is 160 g/mol. The molecule has 0 aliphatic heterocycles. The first-order chi connectivity index (χ1) is 5.04. The predicted molar refractivity (Wildman–Crippen MR) is 48.4 cm³/mol. The largest absolute Gasteiger partial charge is 0.228 e. The standard InChI is InChI=1S/C8H16O2S/c1-4-6-8(3)11(9,10)7-5-2/h5,8H,2,4,6-7H2,1,3H3. The van der Waals surface area contributed by atoms with Crippen molar-refractivity contribution in [2.24, 2.45) is 0 Å². The fraction of sp³-hybridized carbons (Fsp3) is 0.750. The van der Waals surface area contributed by atoms with Crippen LogP contribution in [-0.2, 0) is 9.84 Å². The molecule has 0 aromatic heterocycles. The molecule has 0 rings (SSSR count). The lowest BCUT2D eigenvalue weighted by Gasteiger charge is -2.08. The number of hydrogen-bond donors (Lipinski definition) is 0. The molecular formula is C8H16O2S. The zero-order chi connectivity index (χ0) is 8.91. The van der Waals surface area contributed by atoms with Gasteiger partial charge < -0.3 is 0 Å². The van der Waals surface area contributed by atoms with E-state index >= 15 is 0 Å². The summed E-state index contributed by atoms with van der Waals surface area (Å²) in [4.78, 5) is 0. The first-order valence-electron chi connectivity index (χ1n) is 3.87. The van der Waals surface area contributed by atoms with E-state index in [1.807, 2.05) is 6.92 Å². The Hall–Kier alpha value is -0.310. The number of hydrogen-bond acceptors (Lipinski definition) is 2. The summed E-state index contributed by atoms with van der Waals surface area (Å²) >= 11 is 0. The molecule has 0 bridgehead atoms. The van der Waals surface area contributed by atoms with Crippen LogP contribution in [0.4, 0.5) is 0 Å². The van der Waals surface area contributed by atoms with Crippen LogP contribution < -0.4 is 0 Å². The topological polar surface area (TPSA) is 34.1 Å². The van der Waals surface area contributed by atoms with Crippen LogP contribution in [0.15, 0.2) is 12.7 Å². The highest BCUT2D eigenvalue weighted by molar-refractivity contribution is 7.92. The van der Waals surface area contributed by atoms with Crippen LogP contribution >= 0.6 is 0 Å². The summed E-state index contributed by atoms with van der Waals surface area (Å²) in [5.41, 5.74) is 0. The van der Waals surface area contributed by atoms with Crippen molar-refractivity contribution < 1.29 is 8.42 Å². The van der Waals surface area contributed by atoms with Crippen molar-refractivity contribution >= 4 is 9.84 Å². The summed E-state index contributed by atoms with van der Waals surface area (Å²) in [5.74, 6) is 0.105. The third kappa shape index (κ3) is 3.56. The molecule has 0 amide bonds. The van der Waals surface area contributed by atoms with Gasteiger partial charge >= 0.3 is 0 Å². The van der Waals surface area contributed by atoms with Gasteiger partial charge in [-0.05, 0) is 13.3 Å². The van der Waals surface area contributed by atoms with Crippen molar-refractivity contribution in [2.45, 2.75) is 31.9 Å². The van der Waals surface area contributed by atoms with E-state index in [0.717, 1.165) is 12.8 Å². The second kappa shape index (κ2) is 4.54. The fourth-order valence-electron chi connectivity index (χ4n) is 0.915. The molecule has 0 aromatic rings. The van der Waals surface area contributed by atoms with E-state index in [4.69, 9.17) is 0 Å². The van der Waals surface area contributed by atoms with Gasteiger partial charge in [0.1, 0.15) is 0 Å². The van der Waals surface area contributed by atoms with E-state index in [9.17, 15) is 8.42 Å². The molecule has 0 fully saturated rings. The Kier molecular flexibility index (Phi) is 4.42. The highest BCUT2D eigenvalue weighted by Gasteiger charge is 2.17. The Balaban J connectivity index is 4.18. The Bertz CT molecular complexity index is 204. The average Bonchev–Trinajstić information content (AvgIpc) is 1.88. The SMILES string of the molecule is C=CCS(=O)(=O)C(C)CCC. The number of rotatable bonds is 5. The van der Waals surface area contributed by atoms with Crippen molar-refractivity contribution in [1.82, 2.24) is 0 Å². The minimum Gasteiger partial charge on any atom is -0.228 e. The molecule has 0 aromatic carbocycles. The average molecular weight is 176 g/mol. The maximum absolute atomic E-state index is 11.2. The van der Waals surface area contributed by atoms with E-state index in [-0.39, 0.29) is 11.0 Å². The van der Waals surface area contributed by atoms with Crippen LogP contribution in [0.3, 0.4) is 0 Å². The molecule has 0 saturated carbocycles. The van der Waals surface area contributed by atoms with Gasteiger partial charge in [-0.15, -0.1) is 6.58 Å². The predicted octanol–water partition coefficient (Wildman–Crippen LogP) is 1.78. The van der Waals surface area contributed by atoms with Crippen molar-refractivity contribution in [3.8, 4) is 0 Å². The minimum atomic E-state index is -2.89. The van der Waals surface area contributed by atoms with Gasteiger partial charge in [-0.3, -0.25) is 0 Å². The normalized spacial score (nSPS) is 14.4. The summed E-state index contributed by atoms with van der Waals surface area (Å²) < 4.78 is 22.5. The van der Waals surface area contributed by atoms with Crippen LogP contribution in [0, 0.1) is 0 Å². The third-order valence-corrected chi connectivity index (χ3v) is 3.82. The minimum absolute atomic E-state index is 0.105. The van der Waals surface area contributed by atoms with Gasteiger partial charge in [-0.2, -0.15) is 0 Å². The molecule has 66 valence electrons. The first kappa shape index (κ1) is 10.7. The number of sulfone groups is 1. The van der Waals surface area contributed by atoms with E-state index in [1.54, 1.807) is 6.92 Å². The summed E-state index contributed by atoms with van der Waals surface area (Å²) in [5, 5.41) is -0.217. The van der Waals surface area contributed by atoms with Gasteiger partial charge in [0, 0.05) is 0 Å². The quantitative estimate of drug-likeness (QED) is 0.598. The Morgan fingerprint density at radius 3 is 2.45 bits per heavy atom. The second-order valence-corrected chi connectivity index (χ2v) is 5.18. The van der Waals surface area contributed by atoms with Crippen LogP contribution in [0.25, 0.3) is 0 Å². The molecule has 0 N–H and O–H groups in total. The molecule has 0 aliphatic carbocycles. The van der Waals surface area contributed by atoms with Crippen molar-refractivity contribution in [2.75, 3.05) is 5.75 Å². The third-order valence-electron chi connectivity index (χ3n) is 1.66. The van der Waals surface area contributed by atoms with Gasteiger partial charge in [0.05, 0.1) is 11.0 Å².